The minimum atomic E-state index is -0.452. The standard InChI is InChI=1S/C13H24N2O2S/c1-10-5-7-13(8-6-10,12(14)18)15-11(16)4-3-9-17-2/h10H,3-9H2,1-2H3,(H2,14,18)(H,15,16). The van der Waals surface area contributed by atoms with Crippen molar-refractivity contribution in [2.75, 3.05) is 13.7 Å². The number of nitrogens with one attached hydrogen (secondary N) is 1. The summed E-state index contributed by atoms with van der Waals surface area (Å²) in [7, 11) is 1.64. The lowest BCUT2D eigenvalue weighted by Gasteiger charge is -2.39. The molecule has 1 aliphatic rings. The minimum absolute atomic E-state index is 0.0226. The number of nitrogens with two attached hydrogens (primary N) is 1. The van der Waals surface area contributed by atoms with E-state index in [2.05, 4.69) is 12.2 Å². The van der Waals surface area contributed by atoms with E-state index in [-0.39, 0.29) is 5.91 Å². The highest BCUT2D eigenvalue weighted by atomic mass is 32.1. The molecule has 104 valence electrons. The Kier molecular flexibility index (Phi) is 6.02. The molecule has 1 aliphatic carbocycles. The first kappa shape index (κ1) is 15.4. The highest BCUT2D eigenvalue weighted by molar-refractivity contribution is 7.80. The number of carbonyl (C=O) groups is 1. The quantitative estimate of drug-likeness (QED) is 0.571. The number of amides is 1. The van der Waals surface area contributed by atoms with Gasteiger partial charge in [0.2, 0.25) is 5.91 Å². The number of methoxy groups -OCH3 is 1. The highest BCUT2D eigenvalue weighted by Crippen LogP contribution is 2.32. The van der Waals surface area contributed by atoms with Crippen LogP contribution in [0.2, 0.25) is 0 Å². The van der Waals surface area contributed by atoms with E-state index >= 15 is 0 Å². The molecule has 0 heterocycles. The van der Waals surface area contributed by atoms with Gasteiger partial charge in [0.25, 0.3) is 0 Å². The zero-order chi connectivity index (χ0) is 13.6. The Morgan fingerprint density at radius 3 is 2.61 bits per heavy atom. The molecule has 18 heavy (non-hydrogen) atoms. The van der Waals surface area contributed by atoms with Crippen molar-refractivity contribution in [1.29, 1.82) is 0 Å². The maximum absolute atomic E-state index is 11.9. The second kappa shape index (κ2) is 7.04. The molecular weight excluding hydrogens is 248 g/mol. The van der Waals surface area contributed by atoms with Gasteiger partial charge in [-0.05, 0) is 38.0 Å². The smallest absolute Gasteiger partial charge is 0.220 e. The van der Waals surface area contributed by atoms with E-state index in [0.29, 0.717) is 23.9 Å². The molecule has 0 aliphatic heterocycles. The predicted octanol–water partition coefficient (Wildman–Crippen LogP) is 1.76. The van der Waals surface area contributed by atoms with Gasteiger partial charge in [-0.3, -0.25) is 4.79 Å². The Bertz CT molecular complexity index is 299. The van der Waals surface area contributed by atoms with Crippen molar-refractivity contribution in [2.24, 2.45) is 11.7 Å². The SMILES string of the molecule is COCCCC(=O)NC1(C(N)=S)CCC(C)CC1. The second-order valence-electron chi connectivity index (χ2n) is 5.27. The van der Waals surface area contributed by atoms with Gasteiger partial charge in [-0.15, -0.1) is 0 Å². The number of hydrogen-bond acceptors (Lipinski definition) is 3. The molecule has 0 radical (unpaired) electrons. The third-order valence-corrected chi connectivity index (χ3v) is 4.12. The molecule has 4 nitrogen and oxygen atoms in total. The van der Waals surface area contributed by atoms with Crippen LogP contribution in [0.15, 0.2) is 0 Å². The molecule has 0 aromatic heterocycles. The number of hydrogen-bond donors (Lipinski definition) is 2. The van der Waals surface area contributed by atoms with Gasteiger partial charge in [-0.2, -0.15) is 0 Å². The lowest BCUT2D eigenvalue weighted by Crippen LogP contribution is -2.58. The third kappa shape index (κ3) is 4.21. The molecule has 0 aromatic rings. The first-order valence-corrected chi connectivity index (χ1v) is 7.01. The van der Waals surface area contributed by atoms with E-state index in [1.54, 1.807) is 7.11 Å². The number of ether oxygens (including phenoxy) is 1. The van der Waals surface area contributed by atoms with Gasteiger partial charge >= 0.3 is 0 Å². The topological polar surface area (TPSA) is 64.3 Å². The predicted molar refractivity (Wildman–Crippen MR) is 76.4 cm³/mol. The lowest BCUT2D eigenvalue weighted by molar-refractivity contribution is -0.123. The molecule has 0 bridgehead atoms. The molecule has 1 amide bonds. The van der Waals surface area contributed by atoms with E-state index in [4.69, 9.17) is 22.7 Å². The van der Waals surface area contributed by atoms with Crippen LogP contribution in [0.25, 0.3) is 0 Å². The Balaban J connectivity index is 2.52. The van der Waals surface area contributed by atoms with E-state index in [1.807, 2.05) is 0 Å². The van der Waals surface area contributed by atoms with Crippen molar-refractivity contribution >= 4 is 23.1 Å². The summed E-state index contributed by atoms with van der Waals surface area (Å²) in [6.45, 7) is 2.83. The molecule has 0 saturated heterocycles. The van der Waals surface area contributed by atoms with Crippen LogP contribution in [0.1, 0.15) is 45.4 Å². The van der Waals surface area contributed by atoms with Gasteiger partial charge in [0.05, 0.1) is 10.5 Å². The van der Waals surface area contributed by atoms with Gasteiger partial charge in [0.15, 0.2) is 0 Å². The molecule has 5 heteroatoms. The Hall–Kier alpha value is -0.680. The largest absolute Gasteiger partial charge is 0.391 e. The number of rotatable bonds is 6. The molecule has 1 rings (SSSR count). The van der Waals surface area contributed by atoms with Crippen LogP contribution in [0.3, 0.4) is 0 Å². The van der Waals surface area contributed by atoms with Gasteiger partial charge in [0, 0.05) is 20.1 Å². The minimum Gasteiger partial charge on any atom is -0.391 e. The van der Waals surface area contributed by atoms with Gasteiger partial charge in [0.1, 0.15) is 0 Å². The molecule has 3 N–H and O–H groups in total. The molecule has 0 aromatic carbocycles. The summed E-state index contributed by atoms with van der Waals surface area (Å²) in [4.78, 5) is 12.3. The number of carbonyl (C=O) groups excluding carboxylic acids is 1. The van der Waals surface area contributed by atoms with Crippen LogP contribution < -0.4 is 11.1 Å². The Morgan fingerprint density at radius 1 is 1.50 bits per heavy atom. The van der Waals surface area contributed by atoms with Crippen LogP contribution in [0, 0.1) is 5.92 Å². The van der Waals surface area contributed by atoms with Crippen molar-refractivity contribution in [3.05, 3.63) is 0 Å². The first-order valence-electron chi connectivity index (χ1n) is 6.60. The average Bonchev–Trinajstić information content (AvgIpc) is 2.32. The molecule has 0 atom stereocenters. The molecule has 0 unspecified atom stereocenters. The molecule has 1 fully saturated rings. The first-order chi connectivity index (χ1) is 8.50. The van der Waals surface area contributed by atoms with E-state index in [9.17, 15) is 4.79 Å². The maximum Gasteiger partial charge on any atom is 0.220 e. The maximum atomic E-state index is 11.9. The van der Waals surface area contributed by atoms with Crippen LogP contribution in [-0.4, -0.2) is 30.2 Å². The molecular formula is C13H24N2O2S. The summed E-state index contributed by atoms with van der Waals surface area (Å²) in [6.07, 6.45) is 5.05. The Labute approximate surface area is 115 Å². The van der Waals surface area contributed by atoms with Crippen molar-refractivity contribution in [3.8, 4) is 0 Å². The monoisotopic (exact) mass is 272 g/mol. The van der Waals surface area contributed by atoms with E-state index < -0.39 is 5.54 Å². The summed E-state index contributed by atoms with van der Waals surface area (Å²) in [5, 5.41) is 3.05. The molecule has 1 saturated carbocycles. The normalized spacial score (nSPS) is 27.8. The van der Waals surface area contributed by atoms with Gasteiger partial charge in [-0.1, -0.05) is 19.1 Å². The fourth-order valence-corrected chi connectivity index (χ4v) is 2.65. The number of thiocarbonyl (C=S) groups is 1. The van der Waals surface area contributed by atoms with Crippen LogP contribution in [0.4, 0.5) is 0 Å². The van der Waals surface area contributed by atoms with Crippen LogP contribution in [-0.2, 0) is 9.53 Å². The highest BCUT2D eigenvalue weighted by Gasteiger charge is 2.37. The summed E-state index contributed by atoms with van der Waals surface area (Å²) in [6, 6.07) is 0. The van der Waals surface area contributed by atoms with Gasteiger partial charge < -0.3 is 15.8 Å². The van der Waals surface area contributed by atoms with Crippen LogP contribution in [0.5, 0.6) is 0 Å². The summed E-state index contributed by atoms with van der Waals surface area (Å²) in [5.74, 6) is 0.715. The Morgan fingerprint density at radius 2 is 2.11 bits per heavy atom. The average molecular weight is 272 g/mol. The zero-order valence-corrected chi connectivity index (χ0v) is 12.1. The summed E-state index contributed by atoms with van der Waals surface area (Å²) in [5.41, 5.74) is 5.39. The van der Waals surface area contributed by atoms with Crippen molar-refractivity contribution < 1.29 is 9.53 Å². The van der Waals surface area contributed by atoms with Crippen LogP contribution >= 0.6 is 12.2 Å². The van der Waals surface area contributed by atoms with E-state index in [1.165, 1.54) is 0 Å². The fraction of sp³-hybridized carbons (Fsp3) is 0.846. The van der Waals surface area contributed by atoms with Gasteiger partial charge in [-0.25, -0.2) is 0 Å². The second-order valence-corrected chi connectivity index (χ2v) is 5.71. The van der Waals surface area contributed by atoms with Crippen molar-refractivity contribution in [2.45, 2.75) is 51.0 Å². The molecule has 0 spiro atoms. The van der Waals surface area contributed by atoms with Crippen molar-refractivity contribution in [3.63, 3.8) is 0 Å². The van der Waals surface area contributed by atoms with Crippen molar-refractivity contribution in [1.82, 2.24) is 5.32 Å². The summed E-state index contributed by atoms with van der Waals surface area (Å²) < 4.78 is 4.94. The summed E-state index contributed by atoms with van der Waals surface area (Å²) >= 11 is 5.16. The lowest BCUT2D eigenvalue weighted by atomic mass is 9.77. The zero-order valence-electron chi connectivity index (χ0n) is 11.3. The fourth-order valence-electron chi connectivity index (χ4n) is 2.39. The van der Waals surface area contributed by atoms with E-state index in [0.717, 1.165) is 32.1 Å². The third-order valence-electron chi connectivity index (χ3n) is 3.73.